The molecule has 2 heterocycles. The Hall–Kier alpha value is -3.39. The summed E-state index contributed by atoms with van der Waals surface area (Å²) in [5, 5.41) is 24.3. The lowest BCUT2D eigenvalue weighted by Gasteiger charge is -2.35. The van der Waals surface area contributed by atoms with Crippen LogP contribution in [0.4, 0.5) is 0 Å². The van der Waals surface area contributed by atoms with Crippen LogP contribution in [0.1, 0.15) is 23.2 Å². The van der Waals surface area contributed by atoms with Crippen molar-refractivity contribution in [2.24, 2.45) is 0 Å². The Morgan fingerprint density at radius 1 is 0.900 bits per heavy atom. The molecule has 0 radical (unpaired) electrons. The molecule has 1 saturated carbocycles. The van der Waals surface area contributed by atoms with Crippen LogP contribution in [0.25, 0.3) is 22.0 Å². The quantitative estimate of drug-likeness (QED) is 0.646. The number of hydrogen-bond donors (Lipinski definition) is 2. The number of aliphatic hydroxyl groups is 1. The highest BCUT2D eigenvalue weighted by atomic mass is 16.5. The van der Waals surface area contributed by atoms with Gasteiger partial charge in [0.25, 0.3) is 11.8 Å². The summed E-state index contributed by atoms with van der Waals surface area (Å²) in [6, 6.07) is 13.1. The summed E-state index contributed by atoms with van der Waals surface area (Å²) < 4.78 is 0. The first-order chi connectivity index (χ1) is 14.4. The van der Waals surface area contributed by atoms with Gasteiger partial charge < -0.3 is 20.1 Å². The van der Waals surface area contributed by atoms with E-state index < -0.39 is 5.60 Å². The molecule has 8 heteroatoms. The molecule has 3 aromatic rings. The predicted octanol–water partition coefficient (Wildman–Crippen LogP) is 1.75. The average Bonchev–Trinajstić information content (AvgIpc) is 3.41. The Balaban J connectivity index is 1.26. The number of carbonyl (C=O) groups excluding carboxylic acids is 2. The third-order valence-electron chi connectivity index (χ3n) is 5.94. The van der Waals surface area contributed by atoms with Crippen LogP contribution in [-0.2, 0) is 4.79 Å². The molecule has 1 aromatic heterocycles. The number of aromatic nitrogens is 2. The van der Waals surface area contributed by atoms with Gasteiger partial charge in [0.15, 0.2) is 0 Å². The molecule has 5 rings (SSSR count). The van der Waals surface area contributed by atoms with E-state index in [0.717, 1.165) is 21.4 Å². The van der Waals surface area contributed by atoms with E-state index in [0.29, 0.717) is 50.1 Å². The van der Waals surface area contributed by atoms with Gasteiger partial charge in [0.1, 0.15) is 5.60 Å². The lowest BCUT2D eigenvalue weighted by atomic mass is 10.0. The van der Waals surface area contributed by atoms with Crippen molar-refractivity contribution in [1.29, 1.82) is 0 Å². The molecular formula is C22H22N4O4. The molecule has 154 valence electrons. The van der Waals surface area contributed by atoms with E-state index in [1.54, 1.807) is 28.1 Å². The van der Waals surface area contributed by atoms with Crippen LogP contribution >= 0.6 is 0 Å². The molecule has 2 aliphatic rings. The zero-order valence-corrected chi connectivity index (χ0v) is 16.4. The van der Waals surface area contributed by atoms with Gasteiger partial charge in [-0.2, -0.15) is 0 Å². The van der Waals surface area contributed by atoms with Crippen molar-refractivity contribution in [1.82, 2.24) is 19.7 Å². The van der Waals surface area contributed by atoms with E-state index in [1.807, 2.05) is 30.3 Å². The van der Waals surface area contributed by atoms with Gasteiger partial charge in [-0.25, -0.2) is 0 Å². The zero-order valence-electron chi connectivity index (χ0n) is 16.4. The van der Waals surface area contributed by atoms with E-state index in [-0.39, 0.29) is 11.8 Å². The monoisotopic (exact) mass is 406 g/mol. The first kappa shape index (κ1) is 18.6. The van der Waals surface area contributed by atoms with Crippen LogP contribution in [0.2, 0.25) is 0 Å². The lowest BCUT2D eigenvalue weighted by Crippen LogP contribution is -2.53. The van der Waals surface area contributed by atoms with E-state index in [9.17, 15) is 19.9 Å². The zero-order chi connectivity index (χ0) is 20.9. The van der Waals surface area contributed by atoms with Crippen LogP contribution < -0.4 is 0 Å². The summed E-state index contributed by atoms with van der Waals surface area (Å²) in [5.74, 6) is -0.268. The first-order valence-electron chi connectivity index (χ1n) is 10.0. The van der Waals surface area contributed by atoms with Gasteiger partial charge in [-0.1, -0.05) is 24.3 Å². The smallest absolute Gasteiger partial charge is 0.254 e. The third kappa shape index (κ3) is 3.29. The van der Waals surface area contributed by atoms with Crippen LogP contribution in [0.15, 0.2) is 48.7 Å². The van der Waals surface area contributed by atoms with E-state index >= 15 is 0 Å². The van der Waals surface area contributed by atoms with Crippen molar-refractivity contribution in [3.8, 4) is 11.1 Å². The standard InChI is InChI=1S/C22H22N4O4/c27-20(24-9-11-25(12-10-24)21(28)22(29)7-8-22)16-3-1-15(2-4-16)17-5-6-18-14-26(30)23-19(18)13-17/h1-6,13-14,29-30H,7-12H2. The summed E-state index contributed by atoms with van der Waals surface area (Å²) in [5.41, 5.74) is 2.04. The molecule has 0 spiro atoms. The summed E-state index contributed by atoms with van der Waals surface area (Å²) >= 11 is 0. The fraction of sp³-hybridized carbons (Fsp3) is 0.318. The third-order valence-corrected chi connectivity index (χ3v) is 5.94. The van der Waals surface area contributed by atoms with Gasteiger partial charge in [-0.05, 0) is 42.2 Å². The van der Waals surface area contributed by atoms with Crippen LogP contribution in [-0.4, -0.2) is 73.7 Å². The number of piperazine rings is 1. The van der Waals surface area contributed by atoms with Crippen molar-refractivity contribution in [2.45, 2.75) is 18.4 Å². The minimum absolute atomic E-state index is 0.0618. The minimum atomic E-state index is -1.15. The number of hydrogen-bond acceptors (Lipinski definition) is 5. The molecule has 1 aliphatic carbocycles. The molecule has 2 amide bonds. The van der Waals surface area contributed by atoms with E-state index in [4.69, 9.17) is 0 Å². The second-order valence-corrected chi connectivity index (χ2v) is 8.02. The second kappa shape index (κ2) is 6.84. The predicted molar refractivity (Wildman–Crippen MR) is 109 cm³/mol. The van der Waals surface area contributed by atoms with Gasteiger partial charge in [0.2, 0.25) is 0 Å². The molecule has 2 N–H and O–H groups in total. The van der Waals surface area contributed by atoms with Gasteiger partial charge >= 0.3 is 0 Å². The highest BCUT2D eigenvalue weighted by Gasteiger charge is 2.50. The molecule has 1 aliphatic heterocycles. The number of fused-ring (bicyclic) bond motifs is 1. The summed E-state index contributed by atoms with van der Waals surface area (Å²) in [4.78, 5) is 29.3. The Labute approximate surface area is 172 Å². The Morgan fingerprint density at radius 3 is 2.20 bits per heavy atom. The van der Waals surface area contributed by atoms with Crippen LogP contribution in [0.3, 0.4) is 0 Å². The SMILES string of the molecule is O=C(c1ccc(-c2ccc3cn(O)nc3c2)cc1)N1CCN(C(=O)C2(O)CC2)CC1. The Kier molecular flexibility index (Phi) is 4.25. The number of rotatable bonds is 3. The largest absolute Gasteiger partial charge is 0.412 e. The Bertz CT molecular complexity index is 1130. The summed E-state index contributed by atoms with van der Waals surface area (Å²) in [6.45, 7) is 1.82. The molecule has 30 heavy (non-hydrogen) atoms. The van der Waals surface area contributed by atoms with Gasteiger partial charge in [0, 0.05) is 37.1 Å². The summed E-state index contributed by atoms with van der Waals surface area (Å²) in [7, 11) is 0. The van der Waals surface area contributed by atoms with Crippen LogP contribution in [0, 0.1) is 0 Å². The summed E-state index contributed by atoms with van der Waals surface area (Å²) in [6.07, 6.45) is 2.61. The molecule has 1 saturated heterocycles. The molecule has 2 fully saturated rings. The van der Waals surface area contributed by atoms with Crippen molar-refractivity contribution in [2.75, 3.05) is 26.2 Å². The second-order valence-electron chi connectivity index (χ2n) is 8.02. The number of carbonyl (C=O) groups is 2. The fourth-order valence-electron chi connectivity index (χ4n) is 3.91. The first-order valence-corrected chi connectivity index (χ1v) is 10.0. The van der Waals surface area contributed by atoms with E-state index in [2.05, 4.69) is 5.10 Å². The number of nitrogens with zero attached hydrogens (tertiary/aromatic N) is 4. The Morgan fingerprint density at radius 2 is 1.53 bits per heavy atom. The topological polar surface area (TPSA) is 98.9 Å². The average molecular weight is 406 g/mol. The maximum Gasteiger partial charge on any atom is 0.254 e. The maximum absolute atomic E-state index is 12.8. The van der Waals surface area contributed by atoms with Gasteiger partial charge in [0.05, 0.1) is 11.7 Å². The molecular weight excluding hydrogens is 384 g/mol. The fourth-order valence-corrected chi connectivity index (χ4v) is 3.91. The van der Waals surface area contributed by atoms with Crippen molar-refractivity contribution in [3.05, 3.63) is 54.2 Å². The van der Waals surface area contributed by atoms with Crippen molar-refractivity contribution < 1.29 is 19.9 Å². The maximum atomic E-state index is 12.8. The van der Waals surface area contributed by atoms with Gasteiger partial charge in [-0.15, -0.1) is 9.94 Å². The highest BCUT2D eigenvalue weighted by Crippen LogP contribution is 2.37. The molecule has 0 unspecified atom stereocenters. The van der Waals surface area contributed by atoms with Crippen LogP contribution in [0.5, 0.6) is 0 Å². The molecule has 0 bridgehead atoms. The van der Waals surface area contributed by atoms with Gasteiger partial charge in [-0.3, -0.25) is 9.59 Å². The highest BCUT2D eigenvalue weighted by molar-refractivity contribution is 5.95. The normalized spacial score (nSPS) is 17.9. The molecule has 8 nitrogen and oxygen atoms in total. The number of benzene rings is 2. The molecule has 2 aromatic carbocycles. The van der Waals surface area contributed by atoms with Crippen molar-refractivity contribution >= 4 is 22.7 Å². The lowest BCUT2D eigenvalue weighted by molar-refractivity contribution is -0.143. The number of amides is 2. The minimum Gasteiger partial charge on any atom is -0.412 e. The molecule has 0 atom stereocenters. The van der Waals surface area contributed by atoms with E-state index in [1.165, 1.54) is 0 Å². The van der Waals surface area contributed by atoms with Crippen molar-refractivity contribution in [3.63, 3.8) is 0 Å².